The second-order valence-corrected chi connectivity index (χ2v) is 5.25. The first kappa shape index (κ1) is 17.2. The second kappa shape index (κ2) is 6.95. The molecular formula is C14H19NO8. The monoisotopic (exact) mass is 329 g/mol. The van der Waals surface area contributed by atoms with Crippen LogP contribution in [0, 0.1) is 0 Å². The van der Waals surface area contributed by atoms with Crippen molar-refractivity contribution in [2.45, 2.75) is 58.3 Å². The Kier molecular flexibility index (Phi) is 5.19. The molecule has 5 atom stereocenters. The number of aliphatic imine (C=N–C) groups is 1. The molecule has 0 radical (unpaired) electrons. The quantitative estimate of drug-likeness (QED) is 0.522. The molecule has 2 rings (SSSR count). The summed E-state index contributed by atoms with van der Waals surface area (Å²) in [5.41, 5.74) is 0. The van der Waals surface area contributed by atoms with E-state index in [0.717, 1.165) is 0 Å². The van der Waals surface area contributed by atoms with Gasteiger partial charge in [-0.05, 0) is 0 Å². The van der Waals surface area contributed by atoms with Crippen molar-refractivity contribution >= 4 is 23.8 Å². The van der Waals surface area contributed by atoms with Crippen LogP contribution in [0.2, 0.25) is 0 Å². The van der Waals surface area contributed by atoms with Gasteiger partial charge in [-0.25, -0.2) is 4.99 Å². The van der Waals surface area contributed by atoms with E-state index in [2.05, 4.69) is 4.99 Å². The summed E-state index contributed by atoms with van der Waals surface area (Å²) in [6.45, 7) is 5.17. The Morgan fingerprint density at radius 3 is 2.22 bits per heavy atom. The number of hydrogen-bond acceptors (Lipinski definition) is 9. The van der Waals surface area contributed by atoms with Crippen molar-refractivity contribution in [3.05, 3.63) is 0 Å². The van der Waals surface area contributed by atoms with Gasteiger partial charge in [-0.15, -0.1) is 0 Å². The van der Waals surface area contributed by atoms with Gasteiger partial charge >= 0.3 is 17.9 Å². The zero-order valence-corrected chi connectivity index (χ0v) is 13.3. The van der Waals surface area contributed by atoms with Gasteiger partial charge in [0.1, 0.15) is 12.7 Å². The van der Waals surface area contributed by atoms with Crippen molar-refractivity contribution in [2.24, 2.45) is 4.99 Å². The van der Waals surface area contributed by atoms with E-state index in [1.165, 1.54) is 20.8 Å². The molecule has 2 aliphatic heterocycles. The van der Waals surface area contributed by atoms with Gasteiger partial charge in [0.25, 0.3) is 0 Å². The maximum atomic E-state index is 11.4. The lowest BCUT2D eigenvalue weighted by atomic mass is 9.97. The molecule has 0 aliphatic carbocycles. The van der Waals surface area contributed by atoms with Crippen molar-refractivity contribution in [3.63, 3.8) is 0 Å². The summed E-state index contributed by atoms with van der Waals surface area (Å²) >= 11 is 0. The van der Waals surface area contributed by atoms with Crippen molar-refractivity contribution in [2.75, 3.05) is 6.61 Å². The van der Waals surface area contributed by atoms with Crippen LogP contribution in [0.1, 0.15) is 27.7 Å². The maximum Gasteiger partial charge on any atom is 0.303 e. The minimum atomic E-state index is -0.963. The SMILES string of the molecule is CC(=O)OC[C@H]1O[C@H]2OC(C)=N[C@H]2[C@@H](OC(C)=O)[C@@H]1OC(C)=O. The molecule has 0 spiro atoms. The average molecular weight is 329 g/mol. The molecule has 9 nitrogen and oxygen atoms in total. The van der Waals surface area contributed by atoms with Gasteiger partial charge in [0.05, 0.1) is 0 Å². The van der Waals surface area contributed by atoms with Crippen LogP contribution >= 0.6 is 0 Å². The van der Waals surface area contributed by atoms with E-state index >= 15 is 0 Å². The summed E-state index contributed by atoms with van der Waals surface area (Å²) in [6, 6.07) is -0.656. The van der Waals surface area contributed by atoms with Crippen molar-refractivity contribution < 1.29 is 38.1 Å². The Hall–Kier alpha value is -2.16. The van der Waals surface area contributed by atoms with Gasteiger partial charge in [-0.2, -0.15) is 0 Å². The molecule has 0 amide bonds. The van der Waals surface area contributed by atoms with E-state index in [9.17, 15) is 14.4 Å². The predicted molar refractivity (Wildman–Crippen MR) is 74.4 cm³/mol. The molecule has 2 aliphatic rings. The molecular weight excluding hydrogens is 310 g/mol. The fourth-order valence-electron chi connectivity index (χ4n) is 2.53. The van der Waals surface area contributed by atoms with Crippen LogP contribution in [0.5, 0.6) is 0 Å². The third-order valence-corrected chi connectivity index (χ3v) is 3.29. The summed E-state index contributed by atoms with van der Waals surface area (Å²) in [5, 5.41) is 0. The number of fused-ring (bicyclic) bond motifs is 1. The highest BCUT2D eigenvalue weighted by atomic mass is 16.7. The molecule has 1 fully saturated rings. The Balaban J connectivity index is 2.26. The van der Waals surface area contributed by atoms with Crippen molar-refractivity contribution in [1.29, 1.82) is 0 Å². The topological polar surface area (TPSA) is 110 Å². The average Bonchev–Trinajstić information content (AvgIpc) is 2.78. The van der Waals surface area contributed by atoms with Crippen LogP contribution in [0.25, 0.3) is 0 Å². The maximum absolute atomic E-state index is 11.4. The summed E-state index contributed by atoms with van der Waals surface area (Å²) < 4.78 is 26.5. The molecule has 0 unspecified atom stereocenters. The Morgan fingerprint density at radius 2 is 1.65 bits per heavy atom. The molecule has 2 heterocycles. The number of rotatable bonds is 4. The van der Waals surface area contributed by atoms with E-state index in [1.54, 1.807) is 6.92 Å². The number of carbonyl (C=O) groups is 3. The standard InChI is InChI=1S/C14H19NO8/c1-6-15-11-13(22-9(4)18)12(21-8(3)17)10(5-19-7(2)16)23-14(11)20-6/h10-14H,5H2,1-4H3/t10-,11+,12-,13-,14-/m1/s1. The highest BCUT2D eigenvalue weighted by molar-refractivity contribution is 5.75. The fourth-order valence-corrected chi connectivity index (χ4v) is 2.53. The van der Waals surface area contributed by atoms with Gasteiger partial charge in [-0.3, -0.25) is 14.4 Å². The Morgan fingerprint density at radius 1 is 1.04 bits per heavy atom. The molecule has 0 bridgehead atoms. The lowest BCUT2D eigenvalue weighted by Gasteiger charge is -2.40. The molecule has 0 saturated carbocycles. The summed E-state index contributed by atoms with van der Waals surface area (Å²) in [5.74, 6) is -1.28. The first-order chi connectivity index (χ1) is 10.8. The van der Waals surface area contributed by atoms with E-state index in [4.69, 9.17) is 23.7 Å². The van der Waals surface area contributed by atoms with Gasteiger partial charge in [0.2, 0.25) is 6.29 Å². The number of carbonyl (C=O) groups excluding carboxylic acids is 3. The van der Waals surface area contributed by atoms with Gasteiger partial charge in [0, 0.05) is 27.7 Å². The molecule has 9 heteroatoms. The normalized spacial score (nSPS) is 32.2. The summed E-state index contributed by atoms with van der Waals surface area (Å²) in [6.07, 6.45) is -3.50. The van der Waals surface area contributed by atoms with E-state index in [0.29, 0.717) is 5.90 Å². The fraction of sp³-hybridized carbons (Fsp3) is 0.714. The lowest BCUT2D eigenvalue weighted by Crippen LogP contribution is -2.60. The largest absolute Gasteiger partial charge is 0.463 e. The van der Waals surface area contributed by atoms with Crippen LogP contribution in [0.3, 0.4) is 0 Å². The Labute approximate surface area is 132 Å². The second-order valence-electron chi connectivity index (χ2n) is 5.25. The number of esters is 3. The molecule has 1 saturated heterocycles. The van der Waals surface area contributed by atoms with Crippen molar-refractivity contribution in [3.8, 4) is 0 Å². The third kappa shape index (κ3) is 4.19. The summed E-state index contributed by atoms with van der Waals surface area (Å²) in [7, 11) is 0. The van der Waals surface area contributed by atoms with Crippen molar-refractivity contribution in [1.82, 2.24) is 0 Å². The molecule has 23 heavy (non-hydrogen) atoms. The Bertz CT molecular complexity index is 531. The lowest BCUT2D eigenvalue weighted by molar-refractivity contribution is -0.249. The van der Waals surface area contributed by atoms with Gasteiger partial charge in [-0.1, -0.05) is 0 Å². The third-order valence-electron chi connectivity index (χ3n) is 3.29. The van der Waals surface area contributed by atoms with Crippen LogP contribution in [0.15, 0.2) is 4.99 Å². The highest BCUT2D eigenvalue weighted by Gasteiger charge is 2.53. The minimum Gasteiger partial charge on any atom is -0.463 e. The molecule has 0 aromatic rings. The highest BCUT2D eigenvalue weighted by Crippen LogP contribution is 2.32. The minimum absolute atomic E-state index is 0.170. The molecule has 0 aromatic heterocycles. The predicted octanol–water partition coefficient (Wildman–Crippen LogP) is -0.0450. The molecule has 128 valence electrons. The van der Waals surface area contributed by atoms with Crippen LogP contribution in [-0.2, 0) is 38.1 Å². The smallest absolute Gasteiger partial charge is 0.303 e. The van der Waals surface area contributed by atoms with Gasteiger partial charge < -0.3 is 23.7 Å². The summed E-state index contributed by atoms with van der Waals surface area (Å²) in [4.78, 5) is 38.1. The van der Waals surface area contributed by atoms with Crippen LogP contribution < -0.4 is 0 Å². The number of nitrogens with zero attached hydrogens (tertiary/aromatic N) is 1. The van der Waals surface area contributed by atoms with E-state index < -0.39 is 48.6 Å². The van der Waals surface area contributed by atoms with E-state index in [-0.39, 0.29) is 6.61 Å². The first-order valence-electron chi connectivity index (χ1n) is 7.12. The zero-order chi connectivity index (χ0) is 17.1. The first-order valence-corrected chi connectivity index (χ1v) is 7.12. The van der Waals surface area contributed by atoms with Gasteiger partial charge in [0.15, 0.2) is 24.1 Å². The van der Waals surface area contributed by atoms with Crippen LogP contribution in [0.4, 0.5) is 0 Å². The van der Waals surface area contributed by atoms with Crippen LogP contribution in [-0.4, -0.2) is 61.1 Å². The number of ether oxygens (including phenoxy) is 5. The number of hydrogen-bond donors (Lipinski definition) is 0. The molecule has 0 aromatic carbocycles. The molecule has 0 N–H and O–H groups in total. The zero-order valence-electron chi connectivity index (χ0n) is 13.3. The van der Waals surface area contributed by atoms with E-state index in [1.807, 2.05) is 0 Å².